The quantitative estimate of drug-likeness (QED) is 0.118. The monoisotopic (exact) mass is 776 g/mol. The Labute approximate surface area is 354 Å². The van der Waals surface area contributed by atoms with Crippen molar-refractivity contribution in [3.8, 4) is 0 Å². The number of nitrogens with zero attached hydrogens (tertiary/aromatic N) is 3. The van der Waals surface area contributed by atoms with E-state index in [-0.39, 0.29) is 6.04 Å². The number of anilines is 8. The first kappa shape index (κ1) is 38.0. The minimum atomic E-state index is 0.213. The average Bonchev–Trinajstić information content (AvgIpc) is 3.31. The van der Waals surface area contributed by atoms with Crippen molar-refractivity contribution < 1.29 is 0 Å². The zero-order chi connectivity index (χ0) is 40.5. The number of allylic oxidation sites excluding steroid dienone is 6. The van der Waals surface area contributed by atoms with Gasteiger partial charge in [0.1, 0.15) is 0 Å². The molecule has 292 valence electrons. The van der Waals surface area contributed by atoms with Crippen molar-refractivity contribution in [2.24, 2.45) is 0 Å². The summed E-state index contributed by atoms with van der Waals surface area (Å²) < 4.78 is 0. The Hall–Kier alpha value is -7.56. The van der Waals surface area contributed by atoms with Gasteiger partial charge in [0.2, 0.25) is 0 Å². The molecule has 9 rings (SSSR count). The molecule has 0 aliphatic heterocycles. The van der Waals surface area contributed by atoms with Crippen LogP contribution in [0, 0.1) is 0 Å². The lowest BCUT2D eigenvalue weighted by molar-refractivity contribution is 0.784. The summed E-state index contributed by atoms with van der Waals surface area (Å²) in [6.07, 6.45) is 24.9. The number of hydrogen-bond acceptors (Lipinski definition) is 4. The third-order valence-electron chi connectivity index (χ3n) is 11.2. The predicted octanol–water partition coefficient (Wildman–Crippen LogP) is 15.1. The Balaban J connectivity index is 1.08. The molecule has 0 spiro atoms. The van der Waals surface area contributed by atoms with Crippen LogP contribution in [0.15, 0.2) is 237 Å². The van der Waals surface area contributed by atoms with Crippen LogP contribution in [0.25, 0.3) is 16.8 Å². The molecule has 7 aromatic carbocycles. The minimum Gasteiger partial charge on any atom is -0.356 e. The predicted molar refractivity (Wildman–Crippen MR) is 257 cm³/mol. The van der Waals surface area contributed by atoms with E-state index in [1.165, 1.54) is 27.6 Å². The average molecular weight is 777 g/mol. The summed E-state index contributed by atoms with van der Waals surface area (Å²) in [4.78, 5) is 6.97. The van der Waals surface area contributed by atoms with Crippen LogP contribution >= 0.6 is 0 Å². The van der Waals surface area contributed by atoms with Gasteiger partial charge in [0.05, 0.1) is 6.04 Å². The Bertz CT molecular complexity index is 2720. The minimum absolute atomic E-state index is 0.213. The van der Waals surface area contributed by atoms with Gasteiger partial charge in [-0.1, -0.05) is 116 Å². The van der Waals surface area contributed by atoms with Gasteiger partial charge >= 0.3 is 0 Å². The van der Waals surface area contributed by atoms with E-state index in [0.29, 0.717) is 0 Å². The van der Waals surface area contributed by atoms with E-state index in [9.17, 15) is 0 Å². The Morgan fingerprint density at radius 1 is 0.583 bits per heavy atom. The van der Waals surface area contributed by atoms with Crippen LogP contribution in [-0.2, 0) is 6.42 Å². The standard InChI is InChI=1S/C56H48N4/c1-2-49(59(52-23-8-4-9-24-52)55-32-28-43-17-12-14-19-45(43)41-55)27-16-40-58(50-34-30-48(31-35-50)57-47-21-6-3-7-22-47)51-36-38-54(39-37-51)60(53-25-10-5-11-26-53)56-33-29-44-18-13-15-20-46(44)42-56/h2-12,14-17,19-25,27-42,53,57H,1,13,18,26H2. The molecule has 7 aromatic rings. The molecule has 1 unspecified atom stereocenters. The number of aryl methyl sites for hydroxylation is 1. The largest absolute Gasteiger partial charge is 0.356 e. The van der Waals surface area contributed by atoms with E-state index < -0.39 is 0 Å². The number of nitrogens with one attached hydrogen (secondary N) is 1. The third kappa shape index (κ3) is 8.50. The highest BCUT2D eigenvalue weighted by Gasteiger charge is 2.21. The highest BCUT2D eigenvalue weighted by molar-refractivity contribution is 5.88. The van der Waals surface area contributed by atoms with E-state index in [0.717, 1.165) is 64.8 Å². The van der Waals surface area contributed by atoms with Crippen LogP contribution in [0.3, 0.4) is 0 Å². The number of benzene rings is 7. The Morgan fingerprint density at radius 2 is 1.25 bits per heavy atom. The third-order valence-corrected chi connectivity index (χ3v) is 11.2. The summed E-state index contributed by atoms with van der Waals surface area (Å²) >= 11 is 0. The summed E-state index contributed by atoms with van der Waals surface area (Å²) in [6.45, 7) is 4.28. The van der Waals surface area contributed by atoms with Gasteiger partial charge in [0.15, 0.2) is 0 Å². The molecule has 0 saturated carbocycles. The second-order valence-electron chi connectivity index (χ2n) is 15.1. The van der Waals surface area contributed by atoms with Gasteiger partial charge in [0, 0.05) is 57.4 Å². The lowest BCUT2D eigenvalue weighted by Crippen LogP contribution is -2.30. The van der Waals surface area contributed by atoms with Crippen LogP contribution < -0.4 is 20.0 Å². The highest BCUT2D eigenvalue weighted by Crippen LogP contribution is 2.37. The maximum Gasteiger partial charge on any atom is 0.0559 e. The Morgan fingerprint density at radius 3 is 2.00 bits per heavy atom. The van der Waals surface area contributed by atoms with Crippen LogP contribution in [-0.4, -0.2) is 6.04 Å². The van der Waals surface area contributed by atoms with Crippen molar-refractivity contribution in [2.75, 3.05) is 20.0 Å². The molecule has 1 atom stereocenters. The van der Waals surface area contributed by atoms with Gasteiger partial charge in [-0.25, -0.2) is 0 Å². The summed E-state index contributed by atoms with van der Waals surface area (Å²) in [5, 5.41) is 5.93. The van der Waals surface area contributed by atoms with Crippen LogP contribution in [0.4, 0.5) is 45.5 Å². The number of fused-ring (bicyclic) bond motifs is 2. The summed E-state index contributed by atoms with van der Waals surface area (Å²) in [6, 6.07) is 60.6. The molecule has 0 saturated heterocycles. The van der Waals surface area contributed by atoms with Crippen LogP contribution in [0.2, 0.25) is 0 Å². The molecule has 0 fully saturated rings. The lowest BCUT2D eigenvalue weighted by Gasteiger charge is -2.33. The molecule has 1 N–H and O–H groups in total. The first-order valence-corrected chi connectivity index (χ1v) is 20.8. The smallest absolute Gasteiger partial charge is 0.0559 e. The van der Waals surface area contributed by atoms with Gasteiger partial charge in [-0.2, -0.15) is 0 Å². The summed E-state index contributed by atoms with van der Waals surface area (Å²) in [5.74, 6) is 0. The van der Waals surface area contributed by atoms with Gasteiger partial charge in [-0.15, -0.1) is 0 Å². The first-order valence-electron chi connectivity index (χ1n) is 20.8. The molecule has 0 radical (unpaired) electrons. The summed E-state index contributed by atoms with van der Waals surface area (Å²) in [5.41, 5.74) is 12.3. The van der Waals surface area contributed by atoms with Crippen molar-refractivity contribution >= 4 is 62.3 Å². The summed E-state index contributed by atoms with van der Waals surface area (Å²) in [7, 11) is 0. The topological polar surface area (TPSA) is 21.8 Å². The zero-order valence-electron chi connectivity index (χ0n) is 33.7. The molecular formula is C56H48N4. The SMILES string of the molecule is C=CC(=CC=CN(c1ccc(Nc2ccccc2)cc1)c1ccc(N(c2ccc3c(c2)C=CCC3)C2C=CC=CC2)cc1)N(c1ccccc1)c1ccc2ccccc2c1. The van der Waals surface area contributed by atoms with E-state index in [2.05, 4.69) is 233 Å². The van der Waals surface area contributed by atoms with Crippen LogP contribution in [0.5, 0.6) is 0 Å². The molecule has 0 bridgehead atoms. The van der Waals surface area contributed by atoms with E-state index >= 15 is 0 Å². The fourth-order valence-electron chi connectivity index (χ4n) is 8.15. The number of para-hydroxylation sites is 2. The normalized spacial score (nSPS) is 14.5. The molecule has 0 heterocycles. The van der Waals surface area contributed by atoms with Crippen LogP contribution in [0.1, 0.15) is 24.0 Å². The molecule has 2 aliphatic carbocycles. The van der Waals surface area contributed by atoms with Crippen molar-refractivity contribution in [3.05, 3.63) is 248 Å². The highest BCUT2D eigenvalue weighted by atomic mass is 15.2. The second kappa shape index (κ2) is 17.9. The molecule has 0 aromatic heterocycles. The van der Waals surface area contributed by atoms with E-state index in [1.807, 2.05) is 24.3 Å². The van der Waals surface area contributed by atoms with Crippen molar-refractivity contribution in [2.45, 2.75) is 25.3 Å². The molecule has 0 amide bonds. The van der Waals surface area contributed by atoms with Crippen molar-refractivity contribution in [1.82, 2.24) is 0 Å². The second-order valence-corrected chi connectivity index (χ2v) is 15.1. The van der Waals surface area contributed by atoms with Crippen molar-refractivity contribution in [1.29, 1.82) is 0 Å². The van der Waals surface area contributed by atoms with Gasteiger partial charge in [-0.3, -0.25) is 0 Å². The fraction of sp³-hybridized carbons (Fsp3) is 0.0714. The molecule has 4 nitrogen and oxygen atoms in total. The van der Waals surface area contributed by atoms with Gasteiger partial charge in [-0.05, 0) is 156 Å². The van der Waals surface area contributed by atoms with E-state index in [4.69, 9.17) is 0 Å². The molecule has 60 heavy (non-hydrogen) atoms. The fourth-order valence-corrected chi connectivity index (χ4v) is 8.15. The maximum atomic E-state index is 4.28. The number of rotatable bonds is 13. The van der Waals surface area contributed by atoms with Crippen molar-refractivity contribution in [3.63, 3.8) is 0 Å². The van der Waals surface area contributed by atoms with Gasteiger partial charge in [0.25, 0.3) is 0 Å². The molecular weight excluding hydrogens is 729 g/mol. The van der Waals surface area contributed by atoms with E-state index in [1.54, 1.807) is 0 Å². The number of hydrogen-bond donors (Lipinski definition) is 1. The molecule has 4 heteroatoms. The zero-order valence-corrected chi connectivity index (χ0v) is 33.7. The molecule has 2 aliphatic rings. The van der Waals surface area contributed by atoms with Gasteiger partial charge < -0.3 is 20.0 Å². The lowest BCUT2D eigenvalue weighted by atomic mass is 9.96. The Kier molecular flexibility index (Phi) is 11.3. The first-order chi connectivity index (χ1) is 29.7. The maximum absolute atomic E-state index is 4.28.